The molecular formula is C15H8ClF3O2. The van der Waals surface area contributed by atoms with Crippen molar-refractivity contribution in [2.45, 2.75) is 6.10 Å². The molecule has 3 rings (SSSR count). The first kappa shape index (κ1) is 14.0. The predicted molar refractivity (Wildman–Crippen MR) is 71.6 cm³/mol. The lowest BCUT2D eigenvalue weighted by Crippen LogP contribution is -2.02. The zero-order valence-electron chi connectivity index (χ0n) is 10.4. The van der Waals surface area contributed by atoms with Gasteiger partial charge in [-0.2, -0.15) is 0 Å². The first-order valence-corrected chi connectivity index (χ1v) is 6.35. The molecule has 0 saturated heterocycles. The second-order valence-corrected chi connectivity index (χ2v) is 4.92. The number of aliphatic hydroxyl groups excluding tert-OH is 1. The lowest BCUT2D eigenvalue weighted by molar-refractivity contribution is 0.191. The number of furan rings is 1. The van der Waals surface area contributed by atoms with Crippen LogP contribution < -0.4 is 0 Å². The fourth-order valence-corrected chi connectivity index (χ4v) is 2.30. The Morgan fingerprint density at radius 2 is 1.71 bits per heavy atom. The third kappa shape index (κ3) is 2.39. The number of benzene rings is 2. The normalized spacial score (nSPS) is 12.8. The molecule has 2 nitrogen and oxygen atoms in total. The Balaban J connectivity index is 2.08. The zero-order chi connectivity index (χ0) is 15.1. The number of hydrogen-bond acceptors (Lipinski definition) is 2. The quantitative estimate of drug-likeness (QED) is 0.702. The fourth-order valence-electron chi connectivity index (χ4n) is 2.08. The first-order valence-electron chi connectivity index (χ1n) is 5.98. The van der Waals surface area contributed by atoms with Crippen LogP contribution in [0.5, 0.6) is 0 Å². The number of halogens is 4. The van der Waals surface area contributed by atoms with Crippen LogP contribution in [0.4, 0.5) is 13.2 Å². The van der Waals surface area contributed by atoms with Crippen molar-refractivity contribution in [1.29, 1.82) is 0 Å². The molecule has 3 aromatic rings. The van der Waals surface area contributed by atoms with E-state index in [0.29, 0.717) is 16.0 Å². The molecular weight excluding hydrogens is 305 g/mol. The summed E-state index contributed by atoms with van der Waals surface area (Å²) in [6, 6.07) is 7.97. The van der Waals surface area contributed by atoms with Crippen LogP contribution in [0.15, 0.2) is 40.8 Å². The molecule has 1 heterocycles. The zero-order valence-corrected chi connectivity index (χ0v) is 11.2. The summed E-state index contributed by atoms with van der Waals surface area (Å²) in [5.41, 5.74) is 0.206. The smallest absolute Gasteiger partial charge is 0.194 e. The Hall–Kier alpha value is -1.98. The number of fused-ring (bicyclic) bond motifs is 1. The van der Waals surface area contributed by atoms with Crippen LogP contribution in [0.25, 0.3) is 11.0 Å². The number of aliphatic hydroxyl groups is 1. The molecule has 1 aromatic heterocycles. The molecule has 1 unspecified atom stereocenters. The molecule has 1 N–H and O–H groups in total. The number of hydrogen-bond donors (Lipinski definition) is 1. The van der Waals surface area contributed by atoms with E-state index < -0.39 is 23.6 Å². The lowest BCUT2D eigenvalue weighted by Gasteiger charge is -2.08. The van der Waals surface area contributed by atoms with Crippen molar-refractivity contribution in [1.82, 2.24) is 0 Å². The van der Waals surface area contributed by atoms with Gasteiger partial charge in [0.2, 0.25) is 0 Å². The summed E-state index contributed by atoms with van der Waals surface area (Å²) in [5, 5.41) is 11.1. The molecule has 0 aliphatic heterocycles. The summed E-state index contributed by atoms with van der Waals surface area (Å²) in [5.74, 6) is -4.28. The van der Waals surface area contributed by atoms with Crippen LogP contribution in [0.3, 0.4) is 0 Å². The van der Waals surface area contributed by atoms with Gasteiger partial charge in [0.15, 0.2) is 23.0 Å². The Morgan fingerprint density at radius 3 is 2.33 bits per heavy atom. The van der Waals surface area contributed by atoms with E-state index in [2.05, 4.69) is 0 Å². The van der Waals surface area contributed by atoms with Crippen LogP contribution >= 0.6 is 11.6 Å². The van der Waals surface area contributed by atoms with Crippen molar-refractivity contribution >= 4 is 22.6 Å². The molecule has 0 fully saturated rings. The van der Waals surface area contributed by atoms with E-state index in [1.54, 1.807) is 18.2 Å². The van der Waals surface area contributed by atoms with Gasteiger partial charge >= 0.3 is 0 Å². The Labute approximate surface area is 122 Å². The van der Waals surface area contributed by atoms with Gasteiger partial charge in [0.25, 0.3) is 0 Å². The molecule has 0 aliphatic carbocycles. The molecule has 2 aromatic carbocycles. The van der Waals surface area contributed by atoms with Gasteiger partial charge in [-0.05, 0) is 29.8 Å². The van der Waals surface area contributed by atoms with Crippen molar-refractivity contribution in [2.75, 3.05) is 0 Å². The van der Waals surface area contributed by atoms with E-state index in [1.807, 2.05) is 0 Å². The molecule has 21 heavy (non-hydrogen) atoms. The summed E-state index contributed by atoms with van der Waals surface area (Å²) < 4.78 is 44.7. The maximum absolute atomic E-state index is 13.2. The van der Waals surface area contributed by atoms with Crippen molar-refractivity contribution < 1.29 is 22.7 Å². The Bertz CT molecular complexity index is 806. The minimum absolute atomic E-state index is 0.0588. The van der Waals surface area contributed by atoms with Crippen LogP contribution in [-0.4, -0.2) is 5.11 Å². The largest absolute Gasteiger partial charge is 0.456 e. The van der Waals surface area contributed by atoms with Gasteiger partial charge in [-0.1, -0.05) is 23.7 Å². The summed E-state index contributed by atoms with van der Waals surface area (Å²) in [6.07, 6.45) is -1.43. The van der Waals surface area contributed by atoms with Crippen molar-refractivity contribution in [2.24, 2.45) is 0 Å². The maximum atomic E-state index is 13.2. The third-order valence-corrected chi connectivity index (χ3v) is 3.40. The van der Waals surface area contributed by atoms with Crippen molar-refractivity contribution in [3.8, 4) is 0 Å². The van der Waals surface area contributed by atoms with Crippen LogP contribution in [0, 0.1) is 17.5 Å². The number of rotatable bonds is 2. The predicted octanol–water partition coefficient (Wildman–Crippen LogP) is 4.59. The minimum Gasteiger partial charge on any atom is -0.456 e. The summed E-state index contributed by atoms with van der Waals surface area (Å²) in [4.78, 5) is 0. The molecule has 0 amide bonds. The molecule has 0 bridgehead atoms. The van der Waals surface area contributed by atoms with E-state index >= 15 is 0 Å². The monoisotopic (exact) mass is 312 g/mol. The Morgan fingerprint density at radius 1 is 1.05 bits per heavy atom. The van der Waals surface area contributed by atoms with Crippen molar-refractivity contribution in [3.05, 3.63) is 70.2 Å². The first-order chi connectivity index (χ1) is 9.97. The lowest BCUT2D eigenvalue weighted by atomic mass is 10.1. The Kier molecular flexibility index (Phi) is 3.39. The topological polar surface area (TPSA) is 33.4 Å². The van der Waals surface area contributed by atoms with Crippen LogP contribution in [0.2, 0.25) is 5.02 Å². The van der Waals surface area contributed by atoms with Gasteiger partial charge < -0.3 is 9.52 Å². The highest BCUT2D eigenvalue weighted by atomic mass is 35.5. The number of para-hydroxylation sites is 1. The van der Waals surface area contributed by atoms with E-state index in [-0.39, 0.29) is 11.3 Å². The van der Waals surface area contributed by atoms with E-state index in [4.69, 9.17) is 16.0 Å². The molecule has 108 valence electrons. The van der Waals surface area contributed by atoms with Crippen LogP contribution in [0.1, 0.15) is 17.4 Å². The summed E-state index contributed by atoms with van der Waals surface area (Å²) in [6.45, 7) is 0. The van der Waals surface area contributed by atoms with Gasteiger partial charge in [0.05, 0.1) is 5.02 Å². The molecule has 0 radical (unpaired) electrons. The average molecular weight is 313 g/mol. The molecule has 0 spiro atoms. The molecule has 0 aliphatic rings. The van der Waals surface area contributed by atoms with Gasteiger partial charge in [-0.3, -0.25) is 0 Å². The summed E-state index contributed by atoms with van der Waals surface area (Å²) in [7, 11) is 0. The highest BCUT2D eigenvalue weighted by Crippen LogP contribution is 2.32. The van der Waals surface area contributed by atoms with Gasteiger partial charge in [0, 0.05) is 5.39 Å². The van der Waals surface area contributed by atoms with E-state index in [0.717, 1.165) is 12.1 Å². The third-order valence-electron chi connectivity index (χ3n) is 3.11. The minimum atomic E-state index is -1.58. The van der Waals surface area contributed by atoms with Gasteiger partial charge in [-0.15, -0.1) is 0 Å². The van der Waals surface area contributed by atoms with Gasteiger partial charge in [0.1, 0.15) is 11.9 Å². The summed E-state index contributed by atoms with van der Waals surface area (Å²) >= 11 is 5.95. The fraction of sp³-hybridized carbons (Fsp3) is 0.0667. The molecule has 0 saturated carbocycles. The van der Waals surface area contributed by atoms with Gasteiger partial charge in [-0.25, -0.2) is 13.2 Å². The second kappa shape index (κ2) is 5.09. The van der Waals surface area contributed by atoms with E-state index in [9.17, 15) is 18.3 Å². The van der Waals surface area contributed by atoms with Crippen molar-refractivity contribution in [3.63, 3.8) is 0 Å². The van der Waals surface area contributed by atoms with Crippen LogP contribution in [-0.2, 0) is 0 Å². The average Bonchev–Trinajstić information content (AvgIpc) is 2.89. The highest BCUT2D eigenvalue weighted by Gasteiger charge is 2.20. The van der Waals surface area contributed by atoms with E-state index in [1.165, 1.54) is 6.07 Å². The maximum Gasteiger partial charge on any atom is 0.194 e. The molecule has 1 atom stereocenters. The highest BCUT2D eigenvalue weighted by molar-refractivity contribution is 6.34. The SMILES string of the molecule is OC(c1cc(F)c(F)c(F)c1)c1cc2cccc(Cl)c2o1. The second-order valence-electron chi connectivity index (χ2n) is 4.51. The molecule has 6 heteroatoms. The standard InChI is InChI=1S/C15H8ClF3O2/c16-9-3-1-2-7-6-12(21-15(7)9)14(20)8-4-10(17)13(19)11(18)5-8/h1-6,14,20H.